The first-order chi connectivity index (χ1) is 12.4. The number of imide groups is 1. The molecule has 0 aliphatic heterocycles. The number of hydrogen-bond donors (Lipinski definition) is 2. The van der Waals surface area contributed by atoms with Crippen LogP contribution in [0, 0.1) is 18.3 Å². The zero-order valence-corrected chi connectivity index (χ0v) is 14.0. The van der Waals surface area contributed by atoms with E-state index in [0.29, 0.717) is 28.4 Å². The Morgan fingerprint density at radius 3 is 2.62 bits per heavy atom. The second kappa shape index (κ2) is 8.43. The Morgan fingerprint density at radius 2 is 2.04 bits per heavy atom. The van der Waals surface area contributed by atoms with Gasteiger partial charge < -0.3 is 10.2 Å². The van der Waals surface area contributed by atoms with E-state index in [2.05, 4.69) is 9.97 Å². The number of imidazole rings is 1. The van der Waals surface area contributed by atoms with E-state index >= 15 is 0 Å². The summed E-state index contributed by atoms with van der Waals surface area (Å²) in [5.74, 6) is 0.671. The standard InChI is InChI=1S/C17H17N5O4/c1-12-5-6-15(19-9-12)21-10-14(20-11-21)13(8-18)4-2-3-7-22(16(23)24)17(25)26/h4-6,9-11H,2-3,7H2,1H3,(H,23,24)(H,25,26). The molecule has 0 saturated heterocycles. The van der Waals surface area contributed by atoms with E-state index in [0.717, 1.165) is 5.56 Å². The van der Waals surface area contributed by atoms with Crippen molar-refractivity contribution in [2.45, 2.75) is 19.8 Å². The van der Waals surface area contributed by atoms with Crippen molar-refractivity contribution < 1.29 is 19.8 Å². The van der Waals surface area contributed by atoms with E-state index in [-0.39, 0.29) is 13.0 Å². The van der Waals surface area contributed by atoms with Gasteiger partial charge in [-0.15, -0.1) is 0 Å². The van der Waals surface area contributed by atoms with Crippen LogP contribution in [-0.2, 0) is 0 Å². The van der Waals surface area contributed by atoms with Crippen LogP contribution < -0.4 is 0 Å². The Labute approximate surface area is 149 Å². The second-order valence-electron chi connectivity index (χ2n) is 5.45. The Kier molecular flexibility index (Phi) is 6.06. The first-order valence-corrected chi connectivity index (χ1v) is 7.73. The van der Waals surface area contributed by atoms with Gasteiger partial charge >= 0.3 is 12.2 Å². The molecule has 9 nitrogen and oxygen atoms in total. The summed E-state index contributed by atoms with van der Waals surface area (Å²) in [6.45, 7) is 1.77. The number of nitrogens with zero attached hydrogens (tertiary/aromatic N) is 5. The fourth-order valence-electron chi connectivity index (χ4n) is 2.18. The van der Waals surface area contributed by atoms with E-state index in [1.165, 1.54) is 0 Å². The molecule has 0 aromatic carbocycles. The van der Waals surface area contributed by atoms with Gasteiger partial charge in [0.25, 0.3) is 0 Å². The predicted octanol–water partition coefficient (Wildman–Crippen LogP) is 2.92. The smallest absolute Gasteiger partial charge is 0.416 e. The Hall–Kier alpha value is -3.67. The van der Waals surface area contributed by atoms with Gasteiger partial charge in [-0.1, -0.05) is 12.1 Å². The van der Waals surface area contributed by atoms with Crippen molar-refractivity contribution in [2.24, 2.45) is 0 Å². The number of pyridine rings is 1. The number of carboxylic acid groups (broad SMARTS) is 2. The first kappa shape index (κ1) is 18.7. The number of allylic oxidation sites excluding steroid dienone is 2. The molecule has 0 radical (unpaired) electrons. The number of carbonyl (C=O) groups is 2. The largest absolute Gasteiger partial charge is 0.465 e. The maximum Gasteiger partial charge on any atom is 0.416 e. The minimum atomic E-state index is -1.52. The third-order valence-corrected chi connectivity index (χ3v) is 3.54. The van der Waals surface area contributed by atoms with Crippen LogP contribution in [0.15, 0.2) is 36.9 Å². The topological polar surface area (TPSA) is 132 Å². The van der Waals surface area contributed by atoms with Gasteiger partial charge in [-0.2, -0.15) is 5.26 Å². The summed E-state index contributed by atoms with van der Waals surface area (Å²) in [6, 6.07) is 5.80. The van der Waals surface area contributed by atoms with Crippen molar-refractivity contribution in [1.29, 1.82) is 5.26 Å². The molecule has 0 aliphatic carbocycles. The molecule has 2 N–H and O–H groups in total. The number of unbranched alkanes of at least 4 members (excludes halogenated alkanes) is 1. The molecule has 0 spiro atoms. The Bertz CT molecular complexity index is 850. The molecule has 0 saturated carbocycles. The molecule has 0 unspecified atom stereocenters. The highest BCUT2D eigenvalue weighted by Gasteiger charge is 2.18. The molecule has 0 fully saturated rings. The van der Waals surface area contributed by atoms with Crippen LogP contribution in [0.25, 0.3) is 11.4 Å². The summed E-state index contributed by atoms with van der Waals surface area (Å²) in [4.78, 5) is 30.3. The van der Waals surface area contributed by atoms with Gasteiger partial charge in [0.2, 0.25) is 0 Å². The van der Waals surface area contributed by atoms with E-state index in [9.17, 15) is 14.9 Å². The number of nitriles is 1. The number of hydrogen-bond acceptors (Lipinski definition) is 5. The summed E-state index contributed by atoms with van der Waals surface area (Å²) >= 11 is 0. The highest BCUT2D eigenvalue weighted by atomic mass is 16.4. The molecule has 2 amide bonds. The van der Waals surface area contributed by atoms with Crippen molar-refractivity contribution in [3.8, 4) is 11.9 Å². The maximum absolute atomic E-state index is 10.8. The highest BCUT2D eigenvalue weighted by Crippen LogP contribution is 2.15. The van der Waals surface area contributed by atoms with Crippen molar-refractivity contribution in [2.75, 3.05) is 6.54 Å². The molecule has 2 rings (SSSR count). The molecule has 26 heavy (non-hydrogen) atoms. The van der Waals surface area contributed by atoms with Gasteiger partial charge in [-0.25, -0.2) is 24.5 Å². The van der Waals surface area contributed by atoms with E-state index in [4.69, 9.17) is 10.2 Å². The number of amides is 2. The Morgan fingerprint density at radius 1 is 1.31 bits per heavy atom. The molecule has 0 atom stereocenters. The monoisotopic (exact) mass is 355 g/mol. The quantitative estimate of drug-likeness (QED) is 0.601. The van der Waals surface area contributed by atoms with Crippen molar-refractivity contribution in [3.05, 3.63) is 48.2 Å². The van der Waals surface area contributed by atoms with Gasteiger partial charge in [-0.3, -0.25) is 4.57 Å². The maximum atomic E-state index is 10.8. The van der Waals surface area contributed by atoms with Crippen LogP contribution in [0.3, 0.4) is 0 Å². The lowest BCUT2D eigenvalue weighted by molar-refractivity contribution is 0.122. The average molecular weight is 355 g/mol. The summed E-state index contributed by atoms with van der Waals surface area (Å²) < 4.78 is 1.69. The lowest BCUT2D eigenvalue weighted by atomic mass is 10.1. The molecular weight excluding hydrogens is 338 g/mol. The minimum Gasteiger partial charge on any atom is -0.465 e. The summed E-state index contributed by atoms with van der Waals surface area (Å²) in [5, 5.41) is 26.8. The summed E-state index contributed by atoms with van der Waals surface area (Å²) in [7, 11) is 0. The van der Waals surface area contributed by atoms with Crippen LogP contribution in [-0.4, -0.2) is 48.4 Å². The molecule has 9 heteroatoms. The Balaban J connectivity index is 2.03. The predicted molar refractivity (Wildman–Crippen MR) is 91.7 cm³/mol. The van der Waals surface area contributed by atoms with Gasteiger partial charge in [-0.05, 0) is 31.4 Å². The third-order valence-electron chi connectivity index (χ3n) is 3.54. The van der Waals surface area contributed by atoms with E-state index in [1.54, 1.807) is 29.4 Å². The average Bonchev–Trinajstić information content (AvgIpc) is 3.08. The van der Waals surface area contributed by atoms with Crippen LogP contribution in [0.5, 0.6) is 0 Å². The molecule has 2 aromatic rings. The lowest BCUT2D eigenvalue weighted by Gasteiger charge is -2.11. The SMILES string of the molecule is Cc1ccc(-n2cnc(C(C#N)=CCCCN(C(=O)O)C(=O)O)c2)nc1. The zero-order chi connectivity index (χ0) is 19.1. The zero-order valence-electron chi connectivity index (χ0n) is 14.0. The van der Waals surface area contributed by atoms with Crippen LogP contribution in [0.1, 0.15) is 24.1 Å². The fourth-order valence-corrected chi connectivity index (χ4v) is 2.18. The van der Waals surface area contributed by atoms with Gasteiger partial charge in [0.15, 0.2) is 0 Å². The molecule has 134 valence electrons. The van der Waals surface area contributed by atoms with Crippen LogP contribution >= 0.6 is 0 Å². The summed E-state index contributed by atoms with van der Waals surface area (Å²) in [5.41, 5.74) is 1.82. The van der Waals surface area contributed by atoms with Crippen molar-refractivity contribution in [3.63, 3.8) is 0 Å². The highest BCUT2D eigenvalue weighted by molar-refractivity contribution is 5.85. The molecule has 0 aliphatic rings. The van der Waals surface area contributed by atoms with Crippen molar-refractivity contribution >= 4 is 17.8 Å². The first-order valence-electron chi connectivity index (χ1n) is 7.73. The molecular formula is C17H17N5O4. The van der Waals surface area contributed by atoms with Gasteiger partial charge in [0.1, 0.15) is 18.2 Å². The van der Waals surface area contributed by atoms with Crippen LogP contribution in [0.2, 0.25) is 0 Å². The molecule has 2 heterocycles. The number of aryl methyl sites for hydroxylation is 1. The van der Waals surface area contributed by atoms with E-state index < -0.39 is 12.2 Å². The molecule has 2 aromatic heterocycles. The lowest BCUT2D eigenvalue weighted by Crippen LogP contribution is -2.35. The number of rotatable bonds is 6. The third kappa shape index (κ3) is 4.67. The van der Waals surface area contributed by atoms with Gasteiger partial charge in [0.05, 0.1) is 11.3 Å². The summed E-state index contributed by atoms with van der Waals surface area (Å²) in [6.07, 6.45) is 4.13. The fraction of sp³-hybridized carbons (Fsp3) is 0.235. The van der Waals surface area contributed by atoms with Crippen molar-refractivity contribution in [1.82, 2.24) is 19.4 Å². The molecule has 0 bridgehead atoms. The van der Waals surface area contributed by atoms with E-state index in [1.807, 2.05) is 25.1 Å². The minimum absolute atomic E-state index is 0.165. The van der Waals surface area contributed by atoms with Gasteiger partial charge in [0, 0.05) is 18.9 Å². The van der Waals surface area contributed by atoms with Crippen LogP contribution in [0.4, 0.5) is 9.59 Å². The number of aromatic nitrogens is 3. The normalized spacial score (nSPS) is 11.0. The second-order valence-corrected chi connectivity index (χ2v) is 5.45.